The van der Waals surface area contributed by atoms with Crippen LogP contribution in [0.5, 0.6) is 5.75 Å². The molecule has 7 heteroatoms. The second-order valence-corrected chi connectivity index (χ2v) is 8.44. The van der Waals surface area contributed by atoms with E-state index < -0.39 is 5.60 Å². The van der Waals surface area contributed by atoms with E-state index in [1.807, 2.05) is 25.1 Å². The smallest absolute Gasteiger partial charge is 0.270 e. The Morgan fingerprint density at radius 2 is 2.03 bits per heavy atom. The van der Waals surface area contributed by atoms with E-state index in [-0.39, 0.29) is 0 Å². The van der Waals surface area contributed by atoms with Gasteiger partial charge in [-0.1, -0.05) is 19.9 Å². The first-order valence-electron chi connectivity index (χ1n) is 10.2. The number of pyridine rings is 1. The zero-order valence-corrected chi connectivity index (χ0v) is 18.0. The number of hydrogen-bond acceptors (Lipinski definition) is 5. The van der Waals surface area contributed by atoms with Crippen LogP contribution in [0.1, 0.15) is 46.9 Å². The first-order chi connectivity index (χ1) is 13.7. The topological polar surface area (TPSA) is 80.6 Å². The van der Waals surface area contributed by atoms with Gasteiger partial charge in [0.25, 0.3) is 11.7 Å². The van der Waals surface area contributed by atoms with Crippen molar-refractivity contribution in [2.75, 3.05) is 13.2 Å². The number of aliphatic hydroxyl groups is 1. The van der Waals surface area contributed by atoms with Crippen LogP contribution in [-0.2, 0) is 17.9 Å². The van der Waals surface area contributed by atoms with Gasteiger partial charge in [0.1, 0.15) is 23.6 Å². The van der Waals surface area contributed by atoms with Gasteiger partial charge in [-0.05, 0) is 32.8 Å². The Morgan fingerprint density at radius 1 is 1.28 bits per heavy atom. The van der Waals surface area contributed by atoms with Crippen molar-refractivity contribution in [2.45, 2.75) is 59.8 Å². The van der Waals surface area contributed by atoms with Crippen LogP contribution in [0.25, 0.3) is 21.9 Å². The molecule has 3 rings (SSSR count). The largest absolute Gasteiger partial charge is 0.493 e. The van der Waals surface area contributed by atoms with Crippen LogP contribution in [0.4, 0.5) is 0 Å². The number of ether oxygens (including phenoxy) is 2. The van der Waals surface area contributed by atoms with Crippen molar-refractivity contribution < 1.29 is 24.5 Å². The molecule has 0 aliphatic rings. The molecule has 7 nitrogen and oxygen atoms in total. The van der Waals surface area contributed by atoms with Gasteiger partial charge in [0, 0.05) is 30.4 Å². The Bertz CT molecular complexity index is 989. The fourth-order valence-corrected chi connectivity index (χ4v) is 3.40. The van der Waals surface area contributed by atoms with Crippen molar-refractivity contribution in [3.8, 4) is 5.75 Å². The summed E-state index contributed by atoms with van der Waals surface area (Å²) in [5, 5.41) is 21.4. The molecule has 2 aromatic heterocycles. The number of hydrogen-bond donors (Lipinski definition) is 2. The van der Waals surface area contributed by atoms with Crippen LogP contribution in [0.15, 0.2) is 24.4 Å². The highest BCUT2D eigenvalue weighted by Gasteiger charge is 2.24. The Morgan fingerprint density at radius 3 is 2.69 bits per heavy atom. The summed E-state index contributed by atoms with van der Waals surface area (Å²) in [5.74, 6) is 1.90. The Hall–Kier alpha value is -2.38. The van der Waals surface area contributed by atoms with E-state index in [0.717, 1.165) is 28.0 Å². The third-order valence-electron chi connectivity index (χ3n) is 4.76. The summed E-state index contributed by atoms with van der Waals surface area (Å²) in [6.45, 7) is 12.0. The van der Waals surface area contributed by atoms with Gasteiger partial charge in [0.15, 0.2) is 5.52 Å². The van der Waals surface area contributed by atoms with E-state index >= 15 is 0 Å². The first kappa shape index (κ1) is 21.3. The molecule has 158 valence electrons. The molecule has 0 amide bonds. The van der Waals surface area contributed by atoms with Crippen LogP contribution in [-0.4, -0.2) is 38.7 Å². The maximum atomic E-state index is 10.5. The van der Waals surface area contributed by atoms with Gasteiger partial charge >= 0.3 is 0 Å². The minimum Gasteiger partial charge on any atom is -0.493 e. The van der Waals surface area contributed by atoms with Gasteiger partial charge in [0.05, 0.1) is 17.7 Å². The predicted molar refractivity (Wildman–Crippen MR) is 111 cm³/mol. The SMILES string of the molecule is CCOCc1nc2c[n+](O)c3cccc(OCCC(C)(C)O)c3c2n1CC(C)C. The van der Waals surface area contributed by atoms with E-state index in [0.29, 0.717) is 48.9 Å². The first-order valence-corrected chi connectivity index (χ1v) is 10.2. The van der Waals surface area contributed by atoms with E-state index in [1.165, 1.54) is 0 Å². The molecule has 29 heavy (non-hydrogen) atoms. The maximum Gasteiger partial charge on any atom is 0.270 e. The van der Waals surface area contributed by atoms with E-state index in [4.69, 9.17) is 14.5 Å². The lowest BCUT2D eigenvalue weighted by Crippen LogP contribution is -2.30. The fraction of sp³-hybridized carbons (Fsp3) is 0.545. The minimum atomic E-state index is -0.805. The highest BCUT2D eigenvalue weighted by Crippen LogP contribution is 2.32. The molecule has 0 aliphatic heterocycles. The molecule has 1 aromatic carbocycles. The summed E-state index contributed by atoms with van der Waals surface area (Å²) >= 11 is 0. The molecule has 0 saturated heterocycles. The molecular weight excluding hydrogens is 370 g/mol. The predicted octanol–water partition coefficient (Wildman–Crippen LogP) is 3.45. The lowest BCUT2D eigenvalue weighted by atomic mass is 10.1. The van der Waals surface area contributed by atoms with Gasteiger partial charge < -0.3 is 19.1 Å². The van der Waals surface area contributed by atoms with Crippen molar-refractivity contribution in [1.82, 2.24) is 9.55 Å². The summed E-state index contributed by atoms with van der Waals surface area (Å²) in [5.41, 5.74) is 1.45. The summed E-state index contributed by atoms with van der Waals surface area (Å²) in [6, 6.07) is 5.60. The van der Waals surface area contributed by atoms with Gasteiger partial charge in [-0.3, -0.25) is 5.21 Å². The highest BCUT2D eigenvalue weighted by atomic mass is 16.5. The van der Waals surface area contributed by atoms with Crippen LogP contribution >= 0.6 is 0 Å². The molecule has 0 bridgehead atoms. The minimum absolute atomic E-state index is 0.370. The molecule has 0 radical (unpaired) electrons. The third-order valence-corrected chi connectivity index (χ3v) is 4.76. The van der Waals surface area contributed by atoms with Gasteiger partial charge in [-0.2, -0.15) is 0 Å². The molecule has 0 saturated carbocycles. The van der Waals surface area contributed by atoms with E-state index in [2.05, 4.69) is 18.4 Å². The zero-order chi connectivity index (χ0) is 21.2. The van der Waals surface area contributed by atoms with Crippen LogP contribution in [0.3, 0.4) is 0 Å². The molecule has 0 spiro atoms. The normalized spacial score (nSPS) is 12.4. The molecule has 2 heterocycles. The van der Waals surface area contributed by atoms with Crippen molar-refractivity contribution >= 4 is 21.9 Å². The standard InChI is InChI=1S/C22H32N3O4/c1-6-28-14-19-23-16-13-25(27)17-8-7-9-18(29-11-10-22(4,5)26)20(17)21(16)24(19)12-15(2)3/h7-9,13,15,26-27H,6,10-12,14H2,1-5H3/q+1. The van der Waals surface area contributed by atoms with Crippen LogP contribution in [0.2, 0.25) is 0 Å². The average molecular weight is 403 g/mol. The average Bonchev–Trinajstić information content (AvgIpc) is 2.95. The van der Waals surface area contributed by atoms with Gasteiger partial charge in [0.2, 0.25) is 0 Å². The van der Waals surface area contributed by atoms with E-state index in [1.54, 1.807) is 20.0 Å². The number of rotatable bonds is 9. The number of nitrogens with zero attached hydrogens (tertiary/aromatic N) is 3. The summed E-state index contributed by atoms with van der Waals surface area (Å²) in [4.78, 5) is 4.74. The quantitative estimate of drug-likeness (QED) is 0.423. The molecule has 0 aliphatic carbocycles. The second kappa shape index (κ2) is 8.55. The van der Waals surface area contributed by atoms with Crippen molar-refractivity contribution in [1.29, 1.82) is 0 Å². The number of imidazole rings is 1. The van der Waals surface area contributed by atoms with Crippen molar-refractivity contribution in [2.24, 2.45) is 5.92 Å². The lowest BCUT2D eigenvalue weighted by Gasteiger charge is -2.18. The molecule has 2 N–H and O–H groups in total. The molecule has 0 fully saturated rings. The number of benzene rings is 1. The lowest BCUT2D eigenvalue weighted by molar-refractivity contribution is -0.883. The summed E-state index contributed by atoms with van der Waals surface area (Å²) in [7, 11) is 0. The summed E-state index contributed by atoms with van der Waals surface area (Å²) in [6.07, 6.45) is 2.13. The third kappa shape index (κ3) is 4.79. The Kier molecular flexibility index (Phi) is 6.29. The molecule has 0 atom stereocenters. The summed E-state index contributed by atoms with van der Waals surface area (Å²) < 4.78 is 14.9. The second-order valence-electron chi connectivity index (χ2n) is 8.44. The van der Waals surface area contributed by atoms with Crippen molar-refractivity contribution in [3.05, 3.63) is 30.2 Å². The number of aromatic nitrogens is 3. The van der Waals surface area contributed by atoms with Crippen LogP contribution in [0, 0.1) is 5.92 Å². The van der Waals surface area contributed by atoms with Gasteiger partial charge in [-0.25, -0.2) is 4.98 Å². The fourth-order valence-electron chi connectivity index (χ4n) is 3.40. The Balaban J connectivity index is 2.19. The monoisotopic (exact) mass is 402 g/mol. The molecular formula is C22H32N3O4+. The molecule has 0 unspecified atom stereocenters. The van der Waals surface area contributed by atoms with Gasteiger partial charge in [-0.15, -0.1) is 0 Å². The highest BCUT2D eigenvalue weighted by molar-refractivity contribution is 6.04. The molecule has 3 aromatic rings. The Labute approximate surface area is 171 Å². The maximum absolute atomic E-state index is 10.5. The van der Waals surface area contributed by atoms with Crippen molar-refractivity contribution in [3.63, 3.8) is 0 Å². The number of fused-ring (bicyclic) bond motifs is 3. The van der Waals surface area contributed by atoms with Crippen LogP contribution < -0.4 is 9.47 Å². The van der Waals surface area contributed by atoms with E-state index in [9.17, 15) is 10.3 Å². The zero-order valence-electron chi connectivity index (χ0n) is 18.0.